The van der Waals surface area contributed by atoms with Crippen molar-refractivity contribution in [2.45, 2.75) is 47.7 Å². The fraction of sp³-hybridized carbons (Fsp3) is 0.500. The molecule has 3 rings (SSSR count). The van der Waals surface area contributed by atoms with Crippen molar-refractivity contribution < 1.29 is 14.3 Å². The maximum Gasteiger partial charge on any atom is 0.350 e. The van der Waals surface area contributed by atoms with Gasteiger partial charge in [-0.2, -0.15) is 0 Å². The molecule has 0 radical (unpaired) electrons. The molecule has 0 saturated carbocycles. The van der Waals surface area contributed by atoms with E-state index in [0.29, 0.717) is 39.8 Å². The van der Waals surface area contributed by atoms with Crippen molar-refractivity contribution in [3.8, 4) is 0 Å². The first-order chi connectivity index (χ1) is 15.5. The van der Waals surface area contributed by atoms with Crippen LogP contribution in [0.15, 0.2) is 4.79 Å². The van der Waals surface area contributed by atoms with Crippen molar-refractivity contribution >= 4 is 49.9 Å². The summed E-state index contributed by atoms with van der Waals surface area (Å²) in [4.78, 5) is 51.3. The number of carbonyl (C=O) groups excluding carboxylic acids is 2. The molecule has 3 aromatic heterocycles. The van der Waals surface area contributed by atoms with Gasteiger partial charge in [0.2, 0.25) is 5.91 Å². The molecule has 0 aliphatic carbocycles. The number of nitrogens with one attached hydrogen (secondary N) is 1. The van der Waals surface area contributed by atoms with Gasteiger partial charge in [-0.15, -0.1) is 11.3 Å². The summed E-state index contributed by atoms with van der Waals surface area (Å²) in [6.07, 6.45) is 0. The van der Waals surface area contributed by atoms with E-state index < -0.39 is 11.9 Å². The second kappa shape index (κ2) is 10.1. The zero-order valence-electron chi connectivity index (χ0n) is 19.9. The van der Waals surface area contributed by atoms with Crippen LogP contribution >= 0.6 is 22.7 Å². The van der Waals surface area contributed by atoms with E-state index in [1.54, 1.807) is 6.92 Å². The Kier molecular flexibility index (Phi) is 7.65. The van der Waals surface area contributed by atoms with Crippen LogP contribution in [0.5, 0.6) is 0 Å². The second-order valence-corrected chi connectivity index (χ2v) is 10.8. The zero-order valence-corrected chi connectivity index (χ0v) is 21.6. The molecular formula is C22H29N5O4S2. The van der Waals surface area contributed by atoms with Gasteiger partial charge >= 0.3 is 5.97 Å². The number of aromatic nitrogens is 3. The molecule has 0 aliphatic heterocycles. The van der Waals surface area contributed by atoms with Gasteiger partial charge in [-0.25, -0.2) is 14.8 Å². The summed E-state index contributed by atoms with van der Waals surface area (Å²) in [5.74, 6) is -0.139. The molecule has 0 bridgehead atoms. The highest BCUT2D eigenvalue weighted by atomic mass is 32.1. The SMILES string of the molecule is Cc1nc(NC(=O)Cn2c(CN(C)C)nc3sc(C)c(C)c3c2=O)sc1C(=O)OCC(C)C. The Morgan fingerprint density at radius 1 is 1.15 bits per heavy atom. The van der Waals surface area contributed by atoms with Crippen molar-refractivity contribution in [1.82, 2.24) is 19.4 Å². The van der Waals surface area contributed by atoms with Gasteiger partial charge in [0, 0.05) is 4.88 Å². The molecule has 1 N–H and O–H groups in total. The van der Waals surface area contributed by atoms with Crippen LogP contribution in [0.25, 0.3) is 10.2 Å². The number of esters is 1. The summed E-state index contributed by atoms with van der Waals surface area (Å²) in [6.45, 7) is 9.97. The quantitative estimate of drug-likeness (QED) is 0.482. The van der Waals surface area contributed by atoms with Gasteiger partial charge in [0.1, 0.15) is 22.1 Å². The number of hydrogen-bond acceptors (Lipinski definition) is 9. The van der Waals surface area contributed by atoms with E-state index in [1.165, 1.54) is 15.9 Å². The molecule has 3 heterocycles. The highest BCUT2D eigenvalue weighted by Gasteiger charge is 2.21. The van der Waals surface area contributed by atoms with Gasteiger partial charge in [0.25, 0.3) is 5.56 Å². The van der Waals surface area contributed by atoms with Crippen molar-refractivity contribution in [2.75, 3.05) is 26.0 Å². The maximum atomic E-state index is 13.3. The third kappa shape index (κ3) is 5.66. The average Bonchev–Trinajstić information content (AvgIpc) is 3.21. The second-order valence-electron chi connectivity index (χ2n) is 8.59. The highest BCUT2D eigenvalue weighted by Crippen LogP contribution is 2.27. The van der Waals surface area contributed by atoms with E-state index >= 15 is 0 Å². The van der Waals surface area contributed by atoms with Crippen LogP contribution in [0, 0.1) is 26.7 Å². The number of hydrogen-bond donors (Lipinski definition) is 1. The molecule has 0 fully saturated rings. The number of aryl methyl sites for hydroxylation is 3. The standard InChI is InChI=1S/C22H29N5O4S2/c1-11(2)10-31-21(30)18-13(4)23-22(33-18)25-16(28)9-27-15(8-26(6)7)24-19-17(20(27)29)12(3)14(5)32-19/h11H,8-10H2,1-7H3,(H,23,25,28). The van der Waals surface area contributed by atoms with Gasteiger partial charge in [0.15, 0.2) is 5.13 Å². The molecule has 0 aliphatic rings. The number of carbonyl (C=O) groups is 2. The fourth-order valence-corrected chi connectivity index (χ4v) is 5.10. The van der Waals surface area contributed by atoms with E-state index in [-0.39, 0.29) is 23.2 Å². The summed E-state index contributed by atoms with van der Waals surface area (Å²) in [6, 6.07) is 0. The molecule has 0 unspecified atom stereocenters. The predicted molar refractivity (Wildman–Crippen MR) is 131 cm³/mol. The first kappa shape index (κ1) is 25.0. The number of fused-ring (bicyclic) bond motifs is 1. The van der Waals surface area contributed by atoms with Gasteiger partial charge in [-0.05, 0) is 46.3 Å². The molecule has 11 heteroatoms. The number of anilines is 1. The van der Waals surface area contributed by atoms with E-state index in [4.69, 9.17) is 4.74 Å². The Hall–Kier alpha value is -2.63. The van der Waals surface area contributed by atoms with Crippen molar-refractivity contribution in [1.29, 1.82) is 0 Å². The Morgan fingerprint density at radius 3 is 2.48 bits per heavy atom. The number of thiazole rings is 1. The van der Waals surface area contributed by atoms with Gasteiger partial charge in [-0.3, -0.25) is 14.2 Å². The minimum atomic E-state index is -0.457. The van der Waals surface area contributed by atoms with Crippen LogP contribution in [-0.2, 0) is 22.6 Å². The molecule has 33 heavy (non-hydrogen) atoms. The lowest BCUT2D eigenvalue weighted by Crippen LogP contribution is -2.32. The number of amides is 1. The summed E-state index contributed by atoms with van der Waals surface area (Å²) < 4.78 is 6.68. The lowest BCUT2D eigenvalue weighted by atomic mass is 10.2. The molecule has 178 valence electrons. The number of rotatable bonds is 8. The summed E-state index contributed by atoms with van der Waals surface area (Å²) in [5.41, 5.74) is 1.14. The van der Waals surface area contributed by atoms with Gasteiger partial charge in [0.05, 0.1) is 24.2 Å². The van der Waals surface area contributed by atoms with Gasteiger partial charge < -0.3 is 15.0 Å². The van der Waals surface area contributed by atoms with Crippen LogP contribution in [0.1, 0.15) is 45.5 Å². The maximum absolute atomic E-state index is 13.3. The lowest BCUT2D eigenvalue weighted by molar-refractivity contribution is -0.116. The molecule has 0 aromatic carbocycles. The third-order valence-electron chi connectivity index (χ3n) is 4.90. The van der Waals surface area contributed by atoms with Crippen molar-refractivity contribution in [3.05, 3.63) is 37.2 Å². The molecule has 0 atom stereocenters. The van der Waals surface area contributed by atoms with E-state index in [1.807, 2.05) is 46.7 Å². The Labute approximate surface area is 200 Å². The summed E-state index contributed by atoms with van der Waals surface area (Å²) in [7, 11) is 3.76. The third-order valence-corrected chi connectivity index (χ3v) is 7.06. The largest absolute Gasteiger partial charge is 0.461 e. The molecule has 3 aromatic rings. The molecule has 0 spiro atoms. The fourth-order valence-electron chi connectivity index (χ4n) is 3.19. The minimum absolute atomic E-state index is 0.203. The lowest BCUT2D eigenvalue weighted by Gasteiger charge is -2.15. The monoisotopic (exact) mass is 491 g/mol. The van der Waals surface area contributed by atoms with E-state index in [0.717, 1.165) is 21.8 Å². The summed E-state index contributed by atoms with van der Waals surface area (Å²) in [5, 5.41) is 3.54. The normalized spacial score (nSPS) is 11.5. The van der Waals surface area contributed by atoms with Crippen LogP contribution in [0.3, 0.4) is 0 Å². The predicted octanol–water partition coefficient (Wildman–Crippen LogP) is 3.35. The Morgan fingerprint density at radius 2 is 1.85 bits per heavy atom. The molecular weight excluding hydrogens is 462 g/mol. The van der Waals surface area contributed by atoms with E-state index in [2.05, 4.69) is 15.3 Å². The summed E-state index contributed by atoms with van der Waals surface area (Å²) >= 11 is 2.54. The molecule has 9 nitrogen and oxygen atoms in total. The highest BCUT2D eigenvalue weighted by molar-refractivity contribution is 7.18. The molecule has 1 amide bonds. The van der Waals surface area contributed by atoms with Gasteiger partial charge in [-0.1, -0.05) is 25.2 Å². The molecule has 0 saturated heterocycles. The van der Waals surface area contributed by atoms with Crippen molar-refractivity contribution in [3.63, 3.8) is 0 Å². The topological polar surface area (TPSA) is 106 Å². The van der Waals surface area contributed by atoms with Crippen LogP contribution < -0.4 is 10.9 Å². The minimum Gasteiger partial charge on any atom is -0.461 e. The first-order valence-corrected chi connectivity index (χ1v) is 12.2. The number of thiophene rings is 1. The Bertz CT molecular complexity index is 1260. The van der Waals surface area contributed by atoms with Crippen LogP contribution in [0.2, 0.25) is 0 Å². The van der Waals surface area contributed by atoms with Crippen LogP contribution in [0.4, 0.5) is 5.13 Å². The Balaban J connectivity index is 1.86. The average molecular weight is 492 g/mol. The van der Waals surface area contributed by atoms with E-state index in [9.17, 15) is 14.4 Å². The number of ether oxygens (including phenoxy) is 1. The van der Waals surface area contributed by atoms with Crippen LogP contribution in [-0.4, -0.2) is 52.0 Å². The smallest absolute Gasteiger partial charge is 0.350 e. The zero-order chi connectivity index (χ0) is 24.4. The van der Waals surface area contributed by atoms with Crippen molar-refractivity contribution in [2.24, 2.45) is 5.92 Å². The number of nitrogens with zero attached hydrogens (tertiary/aromatic N) is 4. The first-order valence-electron chi connectivity index (χ1n) is 10.6.